The lowest BCUT2D eigenvalue weighted by Crippen LogP contribution is -2.23. The number of hydrogen-bond acceptors (Lipinski definition) is 1. The fourth-order valence-electron chi connectivity index (χ4n) is 2.16. The van der Waals surface area contributed by atoms with E-state index in [2.05, 4.69) is 19.2 Å². The van der Waals surface area contributed by atoms with E-state index in [1.54, 1.807) is 6.07 Å². The highest BCUT2D eigenvalue weighted by Gasteiger charge is 2.17. The van der Waals surface area contributed by atoms with Crippen molar-refractivity contribution in [3.8, 4) is 0 Å². The Morgan fingerprint density at radius 1 is 1.19 bits per heavy atom. The molecular formula is C13H19Cl2N. The van der Waals surface area contributed by atoms with Gasteiger partial charge in [0.2, 0.25) is 0 Å². The molecule has 0 aliphatic carbocycles. The summed E-state index contributed by atoms with van der Waals surface area (Å²) < 4.78 is 0. The van der Waals surface area contributed by atoms with Crippen LogP contribution >= 0.6 is 23.2 Å². The molecule has 0 amide bonds. The molecule has 0 bridgehead atoms. The molecule has 0 fully saturated rings. The van der Waals surface area contributed by atoms with Gasteiger partial charge in [-0.2, -0.15) is 0 Å². The Bertz CT molecular complexity index is 318. The van der Waals surface area contributed by atoms with E-state index in [1.165, 1.54) is 18.4 Å². The maximum atomic E-state index is 6.02. The molecule has 0 heterocycles. The first kappa shape index (κ1) is 13.8. The highest BCUT2D eigenvalue weighted by molar-refractivity contribution is 6.34. The summed E-state index contributed by atoms with van der Waals surface area (Å²) in [6.45, 7) is 4.45. The first-order valence-corrected chi connectivity index (χ1v) is 6.47. The topological polar surface area (TPSA) is 12.0 Å². The summed E-state index contributed by atoms with van der Waals surface area (Å²) in [5.41, 5.74) is 1.17. The molecule has 2 unspecified atom stereocenters. The highest BCUT2D eigenvalue weighted by atomic mass is 35.5. The zero-order valence-electron chi connectivity index (χ0n) is 10.1. The van der Waals surface area contributed by atoms with Crippen LogP contribution < -0.4 is 5.32 Å². The summed E-state index contributed by atoms with van der Waals surface area (Å²) in [5.74, 6) is 0.574. The summed E-state index contributed by atoms with van der Waals surface area (Å²) in [5, 5.41) is 4.74. The Labute approximate surface area is 108 Å². The molecule has 0 saturated carbocycles. The third-order valence-electron chi connectivity index (χ3n) is 2.87. The van der Waals surface area contributed by atoms with Gasteiger partial charge in [0.05, 0.1) is 0 Å². The molecule has 3 heteroatoms. The highest BCUT2D eigenvalue weighted by Crippen LogP contribution is 2.29. The van der Waals surface area contributed by atoms with E-state index in [1.807, 2.05) is 19.2 Å². The van der Waals surface area contributed by atoms with Gasteiger partial charge in [-0.3, -0.25) is 0 Å². The third-order valence-corrected chi connectivity index (χ3v) is 3.30. The minimum absolute atomic E-state index is 0.316. The van der Waals surface area contributed by atoms with Crippen molar-refractivity contribution in [2.45, 2.75) is 32.7 Å². The van der Waals surface area contributed by atoms with E-state index in [9.17, 15) is 0 Å². The lowest BCUT2D eigenvalue weighted by atomic mass is 9.91. The minimum Gasteiger partial charge on any atom is -0.313 e. The summed E-state index contributed by atoms with van der Waals surface area (Å²) in [4.78, 5) is 0. The van der Waals surface area contributed by atoms with E-state index in [0.29, 0.717) is 22.0 Å². The van der Waals surface area contributed by atoms with Crippen molar-refractivity contribution < 1.29 is 0 Å². The van der Waals surface area contributed by atoms with Crippen LogP contribution in [0.4, 0.5) is 0 Å². The molecule has 1 aromatic carbocycles. The van der Waals surface area contributed by atoms with Gasteiger partial charge in [-0.25, -0.2) is 0 Å². The summed E-state index contributed by atoms with van der Waals surface area (Å²) in [6, 6.07) is 6.06. The molecule has 1 rings (SSSR count). The fourth-order valence-corrected chi connectivity index (χ4v) is 2.70. The number of halogens is 2. The summed E-state index contributed by atoms with van der Waals surface area (Å²) >= 11 is 12.0. The van der Waals surface area contributed by atoms with Gasteiger partial charge in [0, 0.05) is 16.1 Å². The van der Waals surface area contributed by atoms with Gasteiger partial charge in [0.15, 0.2) is 0 Å². The van der Waals surface area contributed by atoms with Crippen molar-refractivity contribution in [1.29, 1.82) is 0 Å². The lowest BCUT2D eigenvalue weighted by Gasteiger charge is -2.24. The van der Waals surface area contributed by atoms with Gasteiger partial charge in [0.25, 0.3) is 0 Å². The Balaban J connectivity index is 2.94. The number of benzene rings is 1. The second-order valence-corrected chi connectivity index (χ2v) is 5.11. The van der Waals surface area contributed by atoms with Crippen LogP contribution in [0.2, 0.25) is 10.0 Å². The first-order valence-electron chi connectivity index (χ1n) is 5.71. The van der Waals surface area contributed by atoms with Crippen molar-refractivity contribution in [2.75, 3.05) is 7.05 Å². The fraction of sp³-hybridized carbons (Fsp3) is 0.538. The van der Waals surface area contributed by atoms with Crippen molar-refractivity contribution >= 4 is 23.2 Å². The van der Waals surface area contributed by atoms with E-state index >= 15 is 0 Å². The Morgan fingerprint density at radius 3 is 2.19 bits per heavy atom. The van der Waals surface area contributed by atoms with E-state index in [0.717, 1.165) is 0 Å². The largest absolute Gasteiger partial charge is 0.313 e. The maximum absolute atomic E-state index is 6.02. The van der Waals surface area contributed by atoms with E-state index < -0.39 is 0 Å². The van der Waals surface area contributed by atoms with Crippen LogP contribution in [0.15, 0.2) is 18.2 Å². The average molecular weight is 260 g/mol. The van der Waals surface area contributed by atoms with Crippen molar-refractivity contribution in [3.05, 3.63) is 33.8 Å². The standard InChI is InChI=1S/C13H19Cl2N/c1-4-5-9(2)13(16-3)10-6-11(14)8-12(15)7-10/h6-9,13,16H,4-5H2,1-3H3. The number of rotatable bonds is 5. The minimum atomic E-state index is 0.316. The average Bonchev–Trinajstić information content (AvgIpc) is 2.17. The van der Waals surface area contributed by atoms with Crippen LogP contribution in [0.5, 0.6) is 0 Å². The normalized spacial score (nSPS) is 14.8. The molecular weight excluding hydrogens is 241 g/mol. The van der Waals surface area contributed by atoms with Crippen LogP contribution in [0.1, 0.15) is 38.3 Å². The van der Waals surface area contributed by atoms with E-state index in [-0.39, 0.29) is 0 Å². The molecule has 0 aromatic heterocycles. The zero-order valence-corrected chi connectivity index (χ0v) is 11.6. The monoisotopic (exact) mass is 259 g/mol. The molecule has 0 aliphatic rings. The van der Waals surface area contributed by atoms with Gasteiger partial charge >= 0.3 is 0 Å². The Morgan fingerprint density at radius 2 is 1.75 bits per heavy atom. The van der Waals surface area contributed by atoms with Crippen molar-refractivity contribution in [1.82, 2.24) is 5.32 Å². The molecule has 1 N–H and O–H groups in total. The zero-order chi connectivity index (χ0) is 12.1. The molecule has 0 spiro atoms. The molecule has 0 saturated heterocycles. The van der Waals surface area contributed by atoms with Crippen LogP contribution in [0.25, 0.3) is 0 Å². The molecule has 0 radical (unpaired) electrons. The smallest absolute Gasteiger partial charge is 0.0424 e. The molecule has 2 atom stereocenters. The van der Waals surface area contributed by atoms with Gasteiger partial charge in [0.1, 0.15) is 0 Å². The van der Waals surface area contributed by atoms with Crippen LogP contribution in [0, 0.1) is 5.92 Å². The van der Waals surface area contributed by atoms with Gasteiger partial charge in [-0.05, 0) is 43.1 Å². The third kappa shape index (κ3) is 3.65. The summed E-state index contributed by atoms with van der Waals surface area (Å²) in [6.07, 6.45) is 2.38. The van der Waals surface area contributed by atoms with Crippen molar-refractivity contribution in [2.24, 2.45) is 5.92 Å². The molecule has 1 aromatic rings. The van der Waals surface area contributed by atoms with E-state index in [4.69, 9.17) is 23.2 Å². The molecule has 16 heavy (non-hydrogen) atoms. The SMILES string of the molecule is CCCC(C)C(NC)c1cc(Cl)cc(Cl)c1. The summed E-state index contributed by atoms with van der Waals surface area (Å²) in [7, 11) is 1.98. The maximum Gasteiger partial charge on any atom is 0.0424 e. The number of hydrogen-bond donors (Lipinski definition) is 1. The Hall–Kier alpha value is -0.240. The molecule has 0 aliphatic heterocycles. The van der Waals surface area contributed by atoms with Crippen LogP contribution in [-0.2, 0) is 0 Å². The predicted octanol–water partition coefficient (Wildman–Crippen LogP) is 4.69. The van der Waals surface area contributed by atoms with Crippen LogP contribution in [0.3, 0.4) is 0 Å². The van der Waals surface area contributed by atoms with Gasteiger partial charge in [-0.1, -0.05) is 43.5 Å². The van der Waals surface area contributed by atoms with Crippen LogP contribution in [-0.4, -0.2) is 7.05 Å². The quantitative estimate of drug-likeness (QED) is 0.809. The first-order chi connectivity index (χ1) is 7.58. The van der Waals surface area contributed by atoms with Gasteiger partial charge in [-0.15, -0.1) is 0 Å². The second-order valence-electron chi connectivity index (χ2n) is 4.24. The van der Waals surface area contributed by atoms with Gasteiger partial charge < -0.3 is 5.32 Å². The number of nitrogens with one attached hydrogen (secondary N) is 1. The lowest BCUT2D eigenvalue weighted by molar-refractivity contribution is 0.384. The predicted molar refractivity (Wildman–Crippen MR) is 72.3 cm³/mol. The second kappa shape index (κ2) is 6.48. The Kier molecular flexibility index (Phi) is 5.60. The van der Waals surface area contributed by atoms with Crippen molar-refractivity contribution in [3.63, 3.8) is 0 Å². The molecule has 90 valence electrons. The molecule has 1 nitrogen and oxygen atoms in total.